The predicted octanol–water partition coefficient (Wildman–Crippen LogP) is 11.3. The minimum atomic E-state index is -0.250. The van der Waals surface area contributed by atoms with E-state index in [1.807, 2.05) is 118 Å². The number of piperidine rings is 4. The Bertz CT molecular complexity index is 2590. The molecule has 4 atom stereocenters. The molecule has 66 heavy (non-hydrogen) atoms. The molecule has 4 saturated heterocycles. The van der Waals surface area contributed by atoms with E-state index in [9.17, 15) is 18.4 Å². The highest BCUT2D eigenvalue weighted by molar-refractivity contribution is 6.00. The van der Waals surface area contributed by atoms with E-state index < -0.39 is 0 Å². The van der Waals surface area contributed by atoms with Gasteiger partial charge in [-0.15, -0.1) is 0 Å². The molecular weight excluding hydrogens is 835 g/mol. The lowest BCUT2D eigenvalue weighted by Gasteiger charge is -2.46. The minimum absolute atomic E-state index is 0.00180. The lowest BCUT2D eigenvalue weighted by Crippen LogP contribution is -2.49. The van der Waals surface area contributed by atoms with Crippen molar-refractivity contribution in [2.75, 3.05) is 14.2 Å². The Morgan fingerprint density at radius 2 is 0.970 bits per heavy atom. The molecule has 4 aliphatic rings. The number of rotatable bonds is 8. The molecule has 4 aliphatic heterocycles. The fraction of sp³-hybridized carbons (Fsp3) is 0.333. The van der Waals surface area contributed by atoms with Crippen LogP contribution in [0.2, 0.25) is 0 Å². The first-order valence-corrected chi connectivity index (χ1v) is 23.0. The molecule has 4 fully saturated rings. The minimum Gasteiger partial charge on any atom is -0.495 e. The lowest BCUT2D eigenvalue weighted by atomic mass is 9.84. The summed E-state index contributed by atoms with van der Waals surface area (Å²) in [6.07, 6.45) is 20.9. The van der Waals surface area contributed by atoms with Gasteiger partial charge in [0.25, 0.3) is 11.8 Å². The number of ether oxygens (including phenoxy) is 2. The van der Waals surface area contributed by atoms with E-state index in [-0.39, 0.29) is 47.6 Å². The number of carbonyl (C=O) groups is 2. The Morgan fingerprint density at radius 1 is 0.561 bits per heavy atom. The molecule has 0 saturated carbocycles. The maximum atomic E-state index is 13.6. The fourth-order valence-corrected chi connectivity index (χ4v) is 10.3. The molecule has 10 rings (SSSR count). The SMILES string of the molecule is COc1cc(/C=C2\CC[C@@H]3CCC[C@H](c4ccc(F)cc4)N3C2=O)ccc1-n1cnc(C)c1.COc1cc(/C=C2\CC[C@H]3CCC[C@@H](c4ccc(F)cc4)N3C2=O)ccc1-n1cnc(C)c1. The van der Waals surface area contributed by atoms with Crippen LogP contribution in [0.25, 0.3) is 23.5 Å². The number of methoxy groups -OCH3 is 2. The van der Waals surface area contributed by atoms with Crippen molar-refractivity contribution in [3.05, 3.63) is 166 Å². The summed E-state index contributed by atoms with van der Waals surface area (Å²) in [7, 11) is 3.30. The Morgan fingerprint density at radius 3 is 1.33 bits per heavy atom. The van der Waals surface area contributed by atoms with Gasteiger partial charge in [0.2, 0.25) is 0 Å². The smallest absolute Gasteiger partial charge is 0.250 e. The van der Waals surface area contributed by atoms with Gasteiger partial charge in [-0.05, 0) is 161 Å². The van der Waals surface area contributed by atoms with E-state index in [2.05, 4.69) is 9.97 Å². The molecule has 0 bridgehead atoms. The van der Waals surface area contributed by atoms with Crippen molar-refractivity contribution in [3.63, 3.8) is 0 Å². The summed E-state index contributed by atoms with van der Waals surface area (Å²) < 4.78 is 42.1. The first-order chi connectivity index (χ1) is 32.1. The van der Waals surface area contributed by atoms with Crippen LogP contribution in [0, 0.1) is 25.5 Å². The van der Waals surface area contributed by atoms with E-state index in [1.54, 1.807) is 26.9 Å². The molecular formula is C54H56F2N6O4. The Balaban J connectivity index is 0.000000166. The Labute approximate surface area is 385 Å². The molecule has 0 radical (unpaired) electrons. The van der Waals surface area contributed by atoms with Gasteiger partial charge >= 0.3 is 0 Å². The van der Waals surface area contributed by atoms with Gasteiger partial charge in [-0.25, -0.2) is 18.7 Å². The van der Waals surface area contributed by atoms with Crippen molar-refractivity contribution in [1.29, 1.82) is 0 Å². The summed E-state index contributed by atoms with van der Waals surface area (Å²) >= 11 is 0. The van der Waals surface area contributed by atoms with Gasteiger partial charge in [0.1, 0.15) is 23.1 Å². The van der Waals surface area contributed by atoms with Crippen LogP contribution < -0.4 is 9.47 Å². The number of fused-ring (bicyclic) bond motifs is 2. The number of nitrogens with zero attached hydrogens (tertiary/aromatic N) is 6. The van der Waals surface area contributed by atoms with E-state index in [1.165, 1.54) is 24.3 Å². The molecule has 340 valence electrons. The molecule has 4 aromatic carbocycles. The van der Waals surface area contributed by atoms with Gasteiger partial charge in [0.05, 0.1) is 61.7 Å². The molecule has 6 heterocycles. The summed E-state index contributed by atoms with van der Waals surface area (Å²) in [4.78, 5) is 39.9. The van der Waals surface area contributed by atoms with E-state index in [4.69, 9.17) is 9.47 Å². The number of hydrogen-bond acceptors (Lipinski definition) is 6. The van der Waals surface area contributed by atoms with Crippen molar-refractivity contribution >= 4 is 24.0 Å². The summed E-state index contributed by atoms with van der Waals surface area (Å²) in [6, 6.07) is 25.6. The summed E-state index contributed by atoms with van der Waals surface area (Å²) in [5.74, 6) is 1.14. The number of amides is 2. The number of hydrogen-bond donors (Lipinski definition) is 0. The van der Waals surface area contributed by atoms with E-state index in [0.29, 0.717) is 0 Å². The maximum Gasteiger partial charge on any atom is 0.250 e. The third-order valence-corrected chi connectivity index (χ3v) is 13.6. The van der Waals surface area contributed by atoms with E-state index in [0.717, 1.165) is 132 Å². The average Bonchev–Trinajstić information content (AvgIpc) is 3.98. The number of carbonyl (C=O) groups excluding carboxylic acids is 2. The van der Waals surface area contributed by atoms with Gasteiger partial charge < -0.3 is 28.4 Å². The molecule has 2 amide bonds. The zero-order valence-electron chi connectivity index (χ0n) is 38.0. The molecule has 0 unspecified atom stereocenters. The van der Waals surface area contributed by atoms with Crippen molar-refractivity contribution < 1.29 is 27.8 Å². The molecule has 12 heteroatoms. The van der Waals surface area contributed by atoms with Crippen LogP contribution in [0.1, 0.15) is 110 Å². The van der Waals surface area contributed by atoms with Crippen LogP contribution in [0.3, 0.4) is 0 Å². The second-order valence-electron chi connectivity index (χ2n) is 17.9. The first kappa shape index (κ1) is 44.4. The van der Waals surface area contributed by atoms with Crippen LogP contribution in [0.5, 0.6) is 11.5 Å². The third-order valence-electron chi connectivity index (χ3n) is 13.6. The van der Waals surface area contributed by atoms with Crippen molar-refractivity contribution in [1.82, 2.24) is 28.9 Å². The largest absolute Gasteiger partial charge is 0.495 e. The Kier molecular flexibility index (Phi) is 13.0. The predicted molar refractivity (Wildman–Crippen MR) is 251 cm³/mol. The zero-order chi connectivity index (χ0) is 45.9. The lowest BCUT2D eigenvalue weighted by molar-refractivity contribution is -0.137. The van der Waals surface area contributed by atoms with E-state index >= 15 is 0 Å². The monoisotopic (exact) mass is 890 g/mol. The van der Waals surface area contributed by atoms with Gasteiger partial charge in [-0.3, -0.25) is 9.59 Å². The van der Waals surface area contributed by atoms with Gasteiger partial charge in [0.15, 0.2) is 0 Å². The van der Waals surface area contributed by atoms with Crippen molar-refractivity contribution in [2.24, 2.45) is 0 Å². The van der Waals surface area contributed by atoms with Gasteiger partial charge in [0, 0.05) is 35.6 Å². The third kappa shape index (κ3) is 9.32. The molecule has 2 aromatic heterocycles. The number of benzene rings is 4. The Hall–Kier alpha value is -6.82. The average molecular weight is 891 g/mol. The zero-order valence-corrected chi connectivity index (χ0v) is 38.0. The molecule has 0 aliphatic carbocycles. The second kappa shape index (κ2) is 19.3. The highest BCUT2D eigenvalue weighted by Gasteiger charge is 2.40. The number of halogens is 2. The quantitative estimate of drug-likeness (QED) is 0.141. The van der Waals surface area contributed by atoms with Crippen LogP contribution in [-0.4, -0.2) is 67.0 Å². The van der Waals surface area contributed by atoms with Crippen LogP contribution in [-0.2, 0) is 9.59 Å². The van der Waals surface area contributed by atoms with Crippen LogP contribution >= 0.6 is 0 Å². The number of imidazole rings is 2. The molecule has 0 N–H and O–H groups in total. The number of aromatic nitrogens is 4. The van der Waals surface area contributed by atoms with Gasteiger partial charge in [-0.1, -0.05) is 36.4 Å². The standard InChI is InChI=1S/2C27H28FN3O2/c2*1-18-16-30(17-29-18)25-13-6-19(15-26(25)33-2)14-21-9-12-23-4-3-5-24(31(23)27(21)32)20-7-10-22(28)11-8-20/h2*6-8,10-11,13-17,23-24H,3-5,9,12H2,1-2H3/b2*21-14+/t2*23-,24+/m10/s1. The summed E-state index contributed by atoms with van der Waals surface area (Å²) in [6.45, 7) is 3.90. The van der Waals surface area contributed by atoms with Crippen molar-refractivity contribution in [3.8, 4) is 22.9 Å². The highest BCUT2D eigenvalue weighted by atomic mass is 19.1. The maximum absolute atomic E-state index is 13.6. The topological polar surface area (TPSA) is 94.7 Å². The first-order valence-electron chi connectivity index (χ1n) is 23.0. The van der Waals surface area contributed by atoms with Crippen LogP contribution in [0.15, 0.2) is 121 Å². The summed E-state index contributed by atoms with van der Waals surface area (Å²) in [5, 5.41) is 0. The van der Waals surface area contributed by atoms with Gasteiger partial charge in [-0.2, -0.15) is 0 Å². The normalized spacial score (nSPS) is 21.8. The molecule has 6 aromatic rings. The molecule has 10 nitrogen and oxygen atoms in total. The fourth-order valence-electron chi connectivity index (χ4n) is 10.3. The second-order valence-corrected chi connectivity index (χ2v) is 17.9. The highest BCUT2D eigenvalue weighted by Crippen LogP contribution is 2.43. The van der Waals surface area contributed by atoms with Crippen LogP contribution in [0.4, 0.5) is 8.78 Å². The summed E-state index contributed by atoms with van der Waals surface area (Å²) in [5.41, 5.74) is 9.20. The molecule has 0 spiro atoms. The van der Waals surface area contributed by atoms with Crippen molar-refractivity contribution in [2.45, 2.75) is 102 Å². The number of aryl methyl sites for hydroxylation is 2.